The van der Waals surface area contributed by atoms with Crippen molar-refractivity contribution in [3.05, 3.63) is 29.7 Å². The Labute approximate surface area is 119 Å². The van der Waals surface area contributed by atoms with Crippen molar-refractivity contribution in [1.82, 2.24) is 10.3 Å². The van der Waals surface area contributed by atoms with E-state index in [4.69, 9.17) is 5.73 Å². The molecule has 0 radical (unpaired) electrons. The van der Waals surface area contributed by atoms with Crippen molar-refractivity contribution in [2.75, 3.05) is 29.0 Å². The van der Waals surface area contributed by atoms with Crippen molar-refractivity contribution >= 4 is 23.1 Å². The number of benzene rings is 1. The van der Waals surface area contributed by atoms with Gasteiger partial charge >= 0.3 is 0 Å². The molecule has 110 valence electrons. The lowest BCUT2D eigenvalue weighted by Crippen LogP contribution is -2.19. The summed E-state index contributed by atoms with van der Waals surface area (Å²) in [6.07, 6.45) is 2.13. The highest BCUT2D eigenvalue weighted by Gasteiger charge is 2.19. The number of amides is 1. The number of hydrogen-bond acceptors (Lipinski definition) is 6. The summed E-state index contributed by atoms with van der Waals surface area (Å²) < 4.78 is 18.5. The molecule has 0 unspecified atom stereocenters. The first kappa shape index (κ1) is 13.3. The Kier molecular flexibility index (Phi) is 3.43. The number of nitrogens with zero attached hydrogens (tertiary/aromatic N) is 3. The Hall–Kier alpha value is -2.64. The summed E-state index contributed by atoms with van der Waals surface area (Å²) in [5, 5.41) is 9.21. The first-order valence-electron chi connectivity index (χ1n) is 6.59. The number of carbonyl (C=O) groups excluding carboxylic acids is 1. The quantitative estimate of drug-likeness (QED) is 0.892. The number of carbonyl (C=O) groups is 1. The maximum absolute atomic E-state index is 14.1. The van der Waals surface area contributed by atoms with Crippen molar-refractivity contribution in [1.29, 1.82) is 0 Å². The highest BCUT2D eigenvalue weighted by molar-refractivity contribution is 6.05. The van der Waals surface area contributed by atoms with Crippen molar-refractivity contribution in [2.24, 2.45) is 0 Å². The van der Waals surface area contributed by atoms with Gasteiger partial charge in [0, 0.05) is 18.8 Å². The molecular weight excluding hydrogens is 277 g/mol. The molecule has 0 saturated carbocycles. The summed E-state index contributed by atoms with van der Waals surface area (Å²) in [5.74, 6) is -1.08. The maximum Gasteiger partial charge on any atom is 0.281 e. The number of nitrogens with two attached hydrogens (primary N) is 1. The molecule has 1 amide bonds. The van der Waals surface area contributed by atoms with Gasteiger partial charge in [0.05, 0.1) is 5.69 Å². The van der Waals surface area contributed by atoms with Crippen LogP contribution in [-0.2, 0) is 0 Å². The third-order valence-electron chi connectivity index (χ3n) is 3.38. The van der Waals surface area contributed by atoms with Crippen molar-refractivity contribution < 1.29 is 13.8 Å². The average molecular weight is 291 g/mol. The molecule has 0 aliphatic carbocycles. The van der Waals surface area contributed by atoms with Crippen molar-refractivity contribution in [3.63, 3.8) is 0 Å². The van der Waals surface area contributed by atoms with Crippen LogP contribution < -0.4 is 16.0 Å². The monoisotopic (exact) mass is 291 g/mol. The zero-order valence-corrected chi connectivity index (χ0v) is 11.2. The second kappa shape index (κ2) is 5.39. The Bertz CT molecular complexity index is 666. The van der Waals surface area contributed by atoms with Crippen molar-refractivity contribution in [3.8, 4) is 0 Å². The second-order valence-corrected chi connectivity index (χ2v) is 4.81. The van der Waals surface area contributed by atoms with Gasteiger partial charge in [-0.3, -0.25) is 4.79 Å². The molecule has 1 aliphatic rings. The molecule has 1 fully saturated rings. The summed E-state index contributed by atoms with van der Waals surface area (Å²) in [4.78, 5) is 13.8. The van der Waals surface area contributed by atoms with Gasteiger partial charge in [-0.05, 0) is 41.4 Å². The van der Waals surface area contributed by atoms with Crippen LogP contribution in [0.3, 0.4) is 0 Å². The first-order chi connectivity index (χ1) is 10.1. The Morgan fingerprint density at radius 1 is 1.33 bits per heavy atom. The van der Waals surface area contributed by atoms with Gasteiger partial charge < -0.3 is 16.0 Å². The fraction of sp³-hybridized carbons (Fsp3) is 0.308. The number of rotatable bonds is 3. The minimum absolute atomic E-state index is 0.110. The van der Waals surface area contributed by atoms with Crippen molar-refractivity contribution in [2.45, 2.75) is 12.8 Å². The normalized spacial score (nSPS) is 14.4. The lowest BCUT2D eigenvalue weighted by Gasteiger charge is -2.18. The standard InChI is InChI=1S/C13H14FN5O2/c14-9-7-8(3-4-10(9)19-5-1-2-6-19)16-13(20)11-12(15)18-21-17-11/h3-4,7H,1-2,5-6H2,(H2,15,18)(H,16,20). The molecule has 3 N–H and O–H groups in total. The topological polar surface area (TPSA) is 97.3 Å². The number of halogens is 1. The van der Waals surface area contributed by atoms with Crippen LogP contribution in [0.25, 0.3) is 0 Å². The smallest absolute Gasteiger partial charge is 0.281 e. The van der Waals surface area contributed by atoms with E-state index in [2.05, 4.69) is 20.3 Å². The summed E-state index contributed by atoms with van der Waals surface area (Å²) in [6.45, 7) is 1.70. The molecule has 0 spiro atoms. The van der Waals surface area contributed by atoms with Crippen LogP contribution in [0.15, 0.2) is 22.8 Å². The lowest BCUT2D eigenvalue weighted by molar-refractivity contribution is 0.101. The van der Waals surface area contributed by atoms with Gasteiger partial charge in [-0.2, -0.15) is 0 Å². The molecular formula is C13H14FN5O2. The Morgan fingerprint density at radius 3 is 2.71 bits per heavy atom. The van der Waals surface area contributed by atoms with E-state index in [1.54, 1.807) is 12.1 Å². The maximum atomic E-state index is 14.1. The minimum atomic E-state index is -0.595. The first-order valence-corrected chi connectivity index (χ1v) is 6.59. The lowest BCUT2D eigenvalue weighted by atomic mass is 10.2. The minimum Gasteiger partial charge on any atom is -0.379 e. The van der Waals surface area contributed by atoms with Gasteiger partial charge in [-0.1, -0.05) is 0 Å². The van der Waals surface area contributed by atoms with E-state index in [1.165, 1.54) is 6.07 Å². The van der Waals surface area contributed by atoms with Gasteiger partial charge in [-0.15, -0.1) is 0 Å². The Balaban J connectivity index is 1.76. The fourth-order valence-corrected chi connectivity index (χ4v) is 2.34. The van der Waals surface area contributed by atoms with E-state index in [-0.39, 0.29) is 17.3 Å². The molecule has 7 nitrogen and oxygen atoms in total. The predicted octanol–water partition coefficient (Wildman–Crippen LogP) is 1.64. The molecule has 0 bridgehead atoms. The SMILES string of the molecule is Nc1nonc1C(=O)Nc1ccc(N2CCCC2)c(F)c1. The molecule has 1 aromatic heterocycles. The van der Waals surface area contributed by atoms with Gasteiger partial charge in [0.25, 0.3) is 5.91 Å². The van der Waals surface area contributed by atoms with E-state index < -0.39 is 5.91 Å². The average Bonchev–Trinajstić information content (AvgIpc) is 3.10. The summed E-state index contributed by atoms with van der Waals surface area (Å²) in [5.41, 5.74) is 6.17. The zero-order valence-electron chi connectivity index (χ0n) is 11.2. The molecule has 1 saturated heterocycles. The molecule has 1 aliphatic heterocycles. The van der Waals surface area contributed by atoms with E-state index in [0.717, 1.165) is 25.9 Å². The summed E-state index contributed by atoms with van der Waals surface area (Å²) >= 11 is 0. The van der Waals surface area contributed by atoms with Crippen LogP contribution in [0.5, 0.6) is 0 Å². The van der Waals surface area contributed by atoms with E-state index in [9.17, 15) is 9.18 Å². The van der Waals surface area contributed by atoms with E-state index in [1.807, 2.05) is 4.90 Å². The van der Waals surface area contributed by atoms with Crippen LogP contribution >= 0.6 is 0 Å². The molecule has 2 heterocycles. The Morgan fingerprint density at radius 2 is 2.10 bits per heavy atom. The highest BCUT2D eigenvalue weighted by atomic mass is 19.1. The van der Waals surface area contributed by atoms with Gasteiger partial charge in [-0.25, -0.2) is 9.02 Å². The van der Waals surface area contributed by atoms with Crippen LogP contribution in [-0.4, -0.2) is 29.3 Å². The fourth-order valence-electron chi connectivity index (χ4n) is 2.34. The number of anilines is 3. The zero-order chi connectivity index (χ0) is 14.8. The van der Waals surface area contributed by atoms with Crippen LogP contribution in [0, 0.1) is 5.82 Å². The summed E-state index contributed by atoms with van der Waals surface area (Å²) in [6, 6.07) is 4.56. The third kappa shape index (κ3) is 2.64. The van der Waals surface area contributed by atoms with Gasteiger partial charge in [0.1, 0.15) is 5.82 Å². The third-order valence-corrected chi connectivity index (χ3v) is 3.38. The van der Waals surface area contributed by atoms with Crippen LogP contribution in [0.4, 0.5) is 21.6 Å². The van der Waals surface area contributed by atoms with E-state index in [0.29, 0.717) is 11.4 Å². The number of aromatic nitrogens is 2. The number of nitrogen functional groups attached to an aromatic ring is 1. The second-order valence-electron chi connectivity index (χ2n) is 4.81. The predicted molar refractivity (Wildman–Crippen MR) is 74.5 cm³/mol. The van der Waals surface area contributed by atoms with Gasteiger partial charge in [0.15, 0.2) is 0 Å². The largest absolute Gasteiger partial charge is 0.379 e. The highest BCUT2D eigenvalue weighted by Crippen LogP contribution is 2.26. The van der Waals surface area contributed by atoms with Crippen LogP contribution in [0.1, 0.15) is 23.3 Å². The molecule has 21 heavy (non-hydrogen) atoms. The molecule has 0 atom stereocenters. The molecule has 3 rings (SSSR count). The van der Waals surface area contributed by atoms with E-state index >= 15 is 0 Å². The van der Waals surface area contributed by atoms with Gasteiger partial charge in [0.2, 0.25) is 11.5 Å². The number of hydrogen-bond donors (Lipinski definition) is 2. The molecule has 1 aromatic carbocycles. The molecule has 8 heteroatoms. The number of nitrogens with one attached hydrogen (secondary N) is 1. The molecule has 2 aromatic rings. The van der Waals surface area contributed by atoms with Crippen LogP contribution in [0.2, 0.25) is 0 Å². The summed E-state index contributed by atoms with van der Waals surface area (Å²) in [7, 11) is 0.